The van der Waals surface area contributed by atoms with Crippen LogP contribution in [0.15, 0.2) is 18.2 Å². The van der Waals surface area contributed by atoms with Gasteiger partial charge in [-0.05, 0) is 30.0 Å². The van der Waals surface area contributed by atoms with Crippen molar-refractivity contribution in [3.05, 3.63) is 23.8 Å². The van der Waals surface area contributed by atoms with Crippen LogP contribution >= 0.6 is 0 Å². The number of ether oxygens (including phenoxy) is 1. The molecule has 1 aliphatic rings. The number of aliphatic hydroxyl groups excluding tert-OH is 1. The van der Waals surface area contributed by atoms with Crippen molar-refractivity contribution in [1.82, 2.24) is 0 Å². The summed E-state index contributed by atoms with van der Waals surface area (Å²) in [6.07, 6.45) is 0.731. The zero-order chi connectivity index (χ0) is 14.2. The Labute approximate surface area is 116 Å². The van der Waals surface area contributed by atoms with E-state index in [1.54, 1.807) is 0 Å². The molecule has 0 aromatic heterocycles. The fourth-order valence-corrected chi connectivity index (χ4v) is 2.52. The van der Waals surface area contributed by atoms with Gasteiger partial charge in [0.25, 0.3) is 0 Å². The summed E-state index contributed by atoms with van der Waals surface area (Å²) in [6.45, 7) is 8.97. The molecule has 1 aromatic carbocycles. The Bertz CT molecular complexity index is 451. The highest BCUT2D eigenvalue weighted by molar-refractivity contribution is 5.62. The number of anilines is 1. The highest BCUT2D eigenvalue weighted by Crippen LogP contribution is 2.39. The van der Waals surface area contributed by atoms with Crippen LogP contribution in [0.3, 0.4) is 0 Å². The standard InChI is InChI=1S/C16H25NO2/c1-11-14(8-9-18)19-15-7-6-12(16(2,3)4)10-13(15)17(11)5/h6-7,10-11,14,18H,8-9H2,1-5H3. The molecule has 2 rings (SSSR count). The summed E-state index contributed by atoms with van der Waals surface area (Å²) in [5.41, 5.74) is 2.60. The molecule has 0 saturated carbocycles. The van der Waals surface area contributed by atoms with Gasteiger partial charge in [-0.25, -0.2) is 0 Å². The number of nitrogens with zero attached hydrogens (tertiary/aromatic N) is 1. The van der Waals surface area contributed by atoms with E-state index in [9.17, 15) is 0 Å². The molecule has 0 fully saturated rings. The Balaban J connectivity index is 2.36. The molecule has 1 heterocycles. The maximum atomic E-state index is 9.12. The summed E-state index contributed by atoms with van der Waals surface area (Å²) in [6, 6.07) is 6.69. The van der Waals surface area contributed by atoms with Gasteiger partial charge in [0.15, 0.2) is 0 Å². The zero-order valence-electron chi connectivity index (χ0n) is 12.6. The van der Waals surface area contributed by atoms with Gasteiger partial charge in [0.1, 0.15) is 11.9 Å². The number of benzene rings is 1. The quantitative estimate of drug-likeness (QED) is 0.890. The molecule has 3 nitrogen and oxygen atoms in total. The molecule has 1 N–H and O–H groups in total. The van der Waals surface area contributed by atoms with Gasteiger partial charge in [-0.15, -0.1) is 0 Å². The normalized spacial score (nSPS) is 22.9. The van der Waals surface area contributed by atoms with E-state index in [2.05, 4.69) is 57.8 Å². The average molecular weight is 263 g/mol. The van der Waals surface area contributed by atoms with Crippen LogP contribution < -0.4 is 9.64 Å². The molecular weight excluding hydrogens is 238 g/mol. The molecule has 2 unspecified atom stereocenters. The maximum absolute atomic E-state index is 9.12. The Hall–Kier alpha value is -1.22. The van der Waals surface area contributed by atoms with Crippen LogP contribution in [-0.4, -0.2) is 30.9 Å². The number of rotatable bonds is 2. The molecule has 0 amide bonds. The van der Waals surface area contributed by atoms with Crippen LogP contribution in [0, 0.1) is 0 Å². The van der Waals surface area contributed by atoms with Crippen LogP contribution in [0.4, 0.5) is 5.69 Å². The Morgan fingerprint density at radius 3 is 2.58 bits per heavy atom. The first-order valence-corrected chi connectivity index (χ1v) is 6.99. The molecule has 19 heavy (non-hydrogen) atoms. The molecule has 106 valence electrons. The summed E-state index contributed by atoms with van der Waals surface area (Å²) in [7, 11) is 2.10. The van der Waals surface area contributed by atoms with E-state index in [1.165, 1.54) is 5.56 Å². The summed E-state index contributed by atoms with van der Waals surface area (Å²) >= 11 is 0. The van der Waals surface area contributed by atoms with Gasteiger partial charge in [-0.1, -0.05) is 26.8 Å². The largest absolute Gasteiger partial charge is 0.486 e. The second-order valence-corrected chi connectivity index (χ2v) is 6.45. The third kappa shape index (κ3) is 2.71. The van der Waals surface area contributed by atoms with Crippen molar-refractivity contribution in [1.29, 1.82) is 0 Å². The number of hydrogen-bond acceptors (Lipinski definition) is 3. The molecule has 1 aliphatic heterocycles. The van der Waals surface area contributed by atoms with Crippen molar-refractivity contribution in [2.45, 2.75) is 51.7 Å². The monoisotopic (exact) mass is 263 g/mol. The molecule has 0 saturated heterocycles. The molecule has 0 bridgehead atoms. The summed E-state index contributed by atoms with van der Waals surface area (Å²) in [5, 5.41) is 9.12. The van der Waals surface area contributed by atoms with Crippen molar-refractivity contribution in [2.24, 2.45) is 0 Å². The fourth-order valence-electron chi connectivity index (χ4n) is 2.52. The summed E-state index contributed by atoms with van der Waals surface area (Å²) in [5.74, 6) is 0.923. The molecule has 1 aromatic rings. The zero-order valence-corrected chi connectivity index (χ0v) is 12.6. The van der Waals surface area contributed by atoms with Gasteiger partial charge in [0.2, 0.25) is 0 Å². The first kappa shape index (κ1) is 14.2. The Morgan fingerprint density at radius 1 is 1.32 bits per heavy atom. The SMILES string of the molecule is CC1C(CCO)Oc2ccc(C(C)(C)C)cc2N1C. The van der Waals surface area contributed by atoms with Gasteiger partial charge in [-0.2, -0.15) is 0 Å². The highest BCUT2D eigenvalue weighted by atomic mass is 16.5. The second kappa shape index (κ2) is 5.04. The average Bonchev–Trinajstić information content (AvgIpc) is 2.34. The Morgan fingerprint density at radius 2 is 2.00 bits per heavy atom. The fraction of sp³-hybridized carbons (Fsp3) is 0.625. The third-order valence-electron chi connectivity index (χ3n) is 4.05. The molecular formula is C16H25NO2. The van der Waals surface area contributed by atoms with Gasteiger partial charge < -0.3 is 14.7 Å². The Kier molecular flexibility index (Phi) is 3.77. The lowest BCUT2D eigenvalue weighted by Crippen LogP contribution is -2.46. The second-order valence-electron chi connectivity index (χ2n) is 6.45. The summed E-state index contributed by atoms with van der Waals surface area (Å²) in [4.78, 5) is 2.26. The van der Waals surface area contributed by atoms with Crippen LogP contribution in [-0.2, 0) is 5.41 Å². The first-order chi connectivity index (χ1) is 8.84. The molecule has 0 radical (unpaired) electrons. The predicted octanol–water partition coefficient (Wildman–Crippen LogP) is 2.95. The van der Waals surface area contributed by atoms with E-state index in [4.69, 9.17) is 9.84 Å². The molecule has 0 spiro atoms. The van der Waals surface area contributed by atoms with Gasteiger partial charge in [0.05, 0.1) is 11.7 Å². The predicted molar refractivity (Wildman–Crippen MR) is 79.1 cm³/mol. The molecule has 2 atom stereocenters. The van der Waals surface area contributed by atoms with Crippen molar-refractivity contribution in [3.63, 3.8) is 0 Å². The molecule has 0 aliphatic carbocycles. The highest BCUT2D eigenvalue weighted by Gasteiger charge is 2.31. The number of fused-ring (bicyclic) bond motifs is 1. The summed E-state index contributed by atoms with van der Waals surface area (Å²) < 4.78 is 6.02. The minimum Gasteiger partial charge on any atom is -0.486 e. The van der Waals surface area contributed by atoms with E-state index >= 15 is 0 Å². The first-order valence-electron chi connectivity index (χ1n) is 6.99. The topological polar surface area (TPSA) is 32.7 Å². The van der Waals surface area contributed by atoms with Crippen molar-refractivity contribution >= 4 is 5.69 Å². The maximum Gasteiger partial charge on any atom is 0.143 e. The van der Waals surface area contributed by atoms with Gasteiger partial charge in [0, 0.05) is 20.1 Å². The third-order valence-corrected chi connectivity index (χ3v) is 4.05. The lowest BCUT2D eigenvalue weighted by molar-refractivity contribution is 0.124. The van der Waals surface area contributed by atoms with Gasteiger partial charge >= 0.3 is 0 Å². The number of likely N-dealkylation sites (N-methyl/N-ethyl adjacent to an activating group) is 1. The van der Waals surface area contributed by atoms with E-state index in [-0.39, 0.29) is 24.2 Å². The van der Waals surface area contributed by atoms with Crippen molar-refractivity contribution in [2.75, 3.05) is 18.6 Å². The van der Waals surface area contributed by atoms with E-state index in [0.29, 0.717) is 6.42 Å². The van der Waals surface area contributed by atoms with Crippen LogP contribution in [0.5, 0.6) is 5.75 Å². The van der Waals surface area contributed by atoms with E-state index in [0.717, 1.165) is 11.4 Å². The van der Waals surface area contributed by atoms with Crippen molar-refractivity contribution in [3.8, 4) is 5.75 Å². The number of aliphatic hydroxyl groups is 1. The lowest BCUT2D eigenvalue weighted by atomic mass is 9.86. The van der Waals surface area contributed by atoms with Crippen molar-refractivity contribution < 1.29 is 9.84 Å². The number of hydrogen-bond donors (Lipinski definition) is 1. The minimum atomic E-state index is 0.0583. The van der Waals surface area contributed by atoms with Crippen LogP contribution in [0.1, 0.15) is 39.7 Å². The van der Waals surface area contributed by atoms with Crippen LogP contribution in [0.2, 0.25) is 0 Å². The minimum absolute atomic E-state index is 0.0583. The lowest BCUT2D eigenvalue weighted by Gasteiger charge is -2.40. The van der Waals surface area contributed by atoms with Crippen LogP contribution in [0.25, 0.3) is 0 Å². The van der Waals surface area contributed by atoms with Gasteiger partial charge in [-0.3, -0.25) is 0 Å². The van der Waals surface area contributed by atoms with E-state index in [1.807, 2.05) is 0 Å². The van der Waals surface area contributed by atoms with E-state index < -0.39 is 0 Å². The molecule has 3 heteroatoms. The smallest absolute Gasteiger partial charge is 0.143 e.